The molecule has 1 atom stereocenters. The van der Waals surface area contributed by atoms with Gasteiger partial charge in [-0.2, -0.15) is 0 Å². The average molecular weight is 377 g/mol. The average Bonchev–Trinajstić information content (AvgIpc) is 2.98. The summed E-state index contributed by atoms with van der Waals surface area (Å²) < 4.78 is 14.2. The molecule has 1 amide bonds. The Hall–Kier alpha value is -2.52. The van der Waals surface area contributed by atoms with Crippen molar-refractivity contribution in [3.63, 3.8) is 0 Å². The molecule has 0 aliphatic carbocycles. The van der Waals surface area contributed by atoms with Crippen LogP contribution in [0.15, 0.2) is 46.8 Å². The van der Waals surface area contributed by atoms with Gasteiger partial charge in [0.2, 0.25) is 5.91 Å². The normalized spacial score (nSPS) is 12.1. The standard InChI is InChI=1S/C16H12FN3O3S2/c1-9(15(21)18-11-4-2-10(17)3-5-11)24-16-19-13-7-6-12(20(22)23)8-14(13)25-16/h2-9H,1H3,(H,18,21)/t9-/m0/s1. The molecule has 25 heavy (non-hydrogen) atoms. The van der Waals surface area contributed by atoms with Gasteiger partial charge in [0.1, 0.15) is 5.82 Å². The highest BCUT2D eigenvalue weighted by molar-refractivity contribution is 8.02. The van der Waals surface area contributed by atoms with Crippen LogP contribution in [0.2, 0.25) is 0 Å². The van der Waals surface area contributed by atoms with E-state index in [0.717, 1.165) is 0 Å². The van der Waals surface area contributed by atoms with Crippen LogP contribution >= 0.6 is 23.1 Å². The first-order valence-electron chi connectivity index (χ1n) is 7.20. The number of nitro groups is 1. The van der Waals surface area contributed by atoms with Gasteiger partial charge in [0.15, 0.2) is 4.34 Å². The Morgan fingerprint density at radius 3 is 2.72 bits per heavy atom. The number of rotatable bonds is 5. The fraction of sp³-hybridized carbons (Fsp3) is 0.125. The monoisotopic (exact) mass is 377 g/mol. The molecule has 1 aromatic heterocycles. The molecule has 0 radical (unpaired) electrons. The number of aromatic nitrogens is 1. The van der Waals surface area contributed by atoms with Crippen LogP contribution in [0.1, 0.15) is 6.92 Å². The predicted molar refractivity (Wildman–Crippen MR) is 96.6 cm³/mol. The number of nitrogens with zero attached hydrogens (tertiary/aromatic N) is 2. The molecule has 9 heteroatoms. The first-order chi connectivity index (χ1) is 11.9. The highest BCUT2D eigenvalue weighted by atomic mass is 32.2. The third kappa shape index (κ3) is 4.12. The highest BCUT2D eigenvalue weighted by Gasteiger charge is 2.18. The van der Waals surface area contributed by atoms with Crippen LogP contribution < -0.4 is 5.32 Å². The van der Waals surface area contributed by atoms with Crippen LogP contribution in [0, 0.1) is 15.9 Å². The Balaban J connectivity index is 1.70. The Labute approximate surface area is 150 Å². The lowest BCUT2D eigenvalue weighted by atomic mass is 10.3. The van der Waals surface area contributed by atoms with Crippen LogP contribution in [-0.4, -0.2) is 21.1 Å². The third-order valence-electron chi connectivity index (χ3n) is 3.32. The van der Waals surface area contributed by atoms with E-state index in [4.69, 9.17) is 0 Å². The summed E-state index contributed by atoms with van der Waals surface area (Å²) in [4.78, 5) is 27.0. The number of nitro benzene ring substituents is 1. The fourth-order valence-corrected chi connectivity index (χ4v) is 4.28. The zero-order valence-electron chi connectivity index (χ0n) is 12.9. The van der Waals surface area contributed by atoms with Gasteiger partial charge in [-0.25, -0.2) is 9.37 Å². The summed E-state index contributed by atoms with van der Waals surface area (Å²) in [6, 6.07) is 9.99. The summed E-state index contributed by atoms with van der Waals surface area (Å²) in [5.74, 6) is -0.606. The maximum absolute atomic E-state index is 12.9. The number of hydrogen-bond acceptors (Lipinski definition) is 6. The first kappa shape index (κ1) is 17.3. The maximum atomic E-state index is 12.9. The number of thiazole rings is 1. The van der Waals surface area contributed by atoms with Crippen molar-refractivity contribution in [1.29, 1.82) is 0 Å². The van der Waals surface area contributed by atoms with E-state index in [2.05, 4.69) is 10.3 Å². The molecule has 6 nitrogen and oxygen atoms in total. The van der Waals surface area contributed by atoms with Gasteiger partial charge in [0.05, 0.1) is 20.4 Å². The second-order valence-corrected chi connectivity index (χ2v) is 7.76. The van der Waals surface area contributed by atoms with E-state index in [1.165, 1.54) is 59.5 Å². The van der Waals surface area contributed by atoms with Gasteiger partial charge in [0, 0.05) is 17.8 Å². The van der Waals surface area contributed by atoms with Crippen LogP contribution in [0.25, 0.3) is 10.2 Å². The summed E-state index contributed by atoms with van der Waals surface area (Å²) in [5.41, 5.74) is 1.18. The summed E-state index contributed by atoms with van der Waals surface area (Å²) in [6.45, 7) is 1.73. The molecular formula is C16H12FN3O3S2. The van der Waals surface area contributed by atoms with Crippen molar-refractivity contribution >= 4 is 50.6 Å². The minimum atomic E-state index is -0.454. The van der Waals surface area contributed by atoms with Crippen LogP contribution in [0.3, 0.4) is 0 Å². The molecule has 1 N–H and O–H groups in total. The van der Waals surface area contributed by atoms with Crippen molar-refractivity contribution < 1.29 is 14.1 Å². The molecule has 0 aliphatic heterocycles. The smallest absolute Gasteiger partial charge is 0.270 e. The number of thioether (sulfide) groups is 1. The Bertz CT molecular complexity index is 943. The zero-order valence-corrected chi connectivity index (χ0v) is 14.6. The molecule has 0 saturated carbocycles. The number of non-ortho nitro benzene ring substituents is 1. The molecule has 0 unspecified atom stereocenters. The molecule has 128 valence electrons. The molecule has 0 spiro atoms. The summed E-state index contributed by atoms with van der Waals surface area (Å²) >= 11 is 2.57. The van der Waals surface area contributed by atoms with Crippen molar-refractivity contribution in [3.05, 3.63) is 58.4 Å². The SMILES string of the molecule is C[C@H](Sc1nc2ccc([N+](=O)[O-])cc2s1)C(=O)Nc1ccc(F)cc1. The number of carbonyl (C=O) groups excluding carboxylic acids is 1. The largest absolute Gasteiger partial charge is 0.325 e. The molecule has 0 aliphatic rings. The maximum Gasteiger partial charge on any atom is 0.270 e. The number of hydrogen-bond donors (Lipinski definition) is 1. The Kier molecular flexibility index (Phi) is 4.95. The van der Waals surface area contributed by atoms with Gasteiger partial charge in [-0.3, -0.25) is 14.9 Å². The molecule has 3 aromatic rings. The lowest BCUT2D eigenvalue weighted by Crippen LogP contribution is -2.22. The Morgan fingerprint density at radius 2 is 2.04 bits per heavy atom. The van der Waals surface area contributed by atoms with E-state index in [0.29, 0.717) is 20.2 Å². The lowest BCUT2D eigenvalue weighted by molar-refractivity contribution is -0.384. The van der Waals surface area contributed by atoms with E-state index in [9.17, 15) is 19.3 Å². The van der Waals surface area contributed by atoms with Gasteiger partial charge in [0.25, 0.3) is 5.69 Å². The van der Waals surface area contributed by atoms with Crippen molar-refractivity contribution in [2.45, 2.75) is 16.5 Å². The number of halogens is 1. The summed E-state index contributed by atoms with van der Waals surface area (Å²) in [7, 11) is 0. The number of fused-ring (bicyclic) bond motifs is 1. The van der Waals surface area contributed by atoms with Gasteiger partial charge < -0.3 is 5.32 Å². The molecule has 0 bridgehead atoms. The van der Waals surface area contributed by atoms with E-state index in [1.807, 2.05) is 0 Å². The van der Waals surface area contributed by atoms with E-state index in [1.54, 1.807) is 13.0 Å². The van der Waals surface area contributed by atoms with Gasteiger partial charge >= 0.3 is 0 Å². The topological polar surface area (TPSA) is 85.1 Å². The third-order valence-corrected chi connectivity index (χ3v) is 5.53. The minimum absolute atomic E-state index is 0.00908. The molecule has 1 heterocycles. The van der Waals surface area contributed by atoms with Gasteiger partial charge in [-0.05, 0) is 37.3 Å². The van der Waals surface area contributed by atoms with Crippen molar-refractivity contribution in [2.75, 3.05) is 5.32 Å². The molecule has 3 rings (SSSR count). The zero-order chi connectivity index (χ0) is 18.0. The van der Waals surface area contributed by atoms with Crippen LogP contribution in [0.4, 0.5) is 15.8 Å². The lowest BCUT2D eigenvalue weighted by Gasteiger charge is -2.10. The molecule has 0 saturated heterocycles. The van der Waals surface area contributed by atoms with E-state index in [-0.39, 0.29) is 17.4 Å². The number of benzene rings is 2. The summed E-state index contributed by atoms with van der Waals surface area (Å²) in [6.07, 6.45) is 0. The molecule has 2 aromatic carbocycles. The Morgan fingerprint density at radius 1 is 1.32 bits per heavy atom. The molecule has 0 fully saturated rings. The predicted octanol–water partition coefficient (Wildman–Crippen LogP) is 4.46. The van der Waals surface area contributed by atoms with Gasteiger partial charge in [-0.1, -0.05) is 11.8 Å². The first-order valence-corrected chi connectivity index (χ1v) is 8.90. The van der Waals surface area contributed by atoms with E-state index < -0.39 is 10.2 Å². The van der Waals surface area contributed by atoms with E-state index >= 15 is 0 Å². The highest BCUT2D eigenvalue weighted by Crippen LogP contribution is 2.34. The second kappa shape index (κ2) is 7.16. The quantitative estimate of drug-likeness (QED) is 0.403. The van der Waals surface area contributed by atoms with Crippen molar-refractivity contribution in [3.8, 4) is 0 Å². The van der Waals surface area contributed by atoms with Gasteiger partial charge in [-0.15, -0.1) is 11.3 Å². The second-order valence-electron chi connectivity index (χ2n) is 5.15. The number of anilines is 1. The van der Waals surface area contributed by atoms with Crippen molar-refractivity contribution in [1.82, 2.24) is 4.98 Å². The van der Waals surface area contributed by atoms with Crippen molar-refractivity contribution in [2.24, 2.45) is 0 Å². The molecular weight excluding hydrogens is 365 g/mol. The fourth-order valence-electron chi connectivity index (χ4n) is 2.04. The van der Waals surface area contributed by atoms with Crippen LogP contribution in [-0.2, 0) is 4.79 Å². The summed E-state index contributed by atoms with van der Waals surface area (Å²) in [5, 5.41) is 13.1. The van der Waals surface area contributed by atoms with Crippen LogP contribution in [0.5, 0.6) is 0 Å². The number of nitrogens with one attached hydrogen (secondary N) is 1. The minimum Gasteiger partial charge on any atom is -0.325 e. The number of amides is 1. The number of carbonyl (C=O) groups is 1.